The summed E-state index contributed by atoms with van der Waals surface area (Å²) in [5, 5.41) is 4.49. The van der Waals surface area contributed by atoms with Gasteiger partial charge in [0.15, 0.2) is 5.17 Å². The molecule has 1 heterocycles. The van der Waals surface area contributed by atoms with Crippen molar-refractivity contribution in [1.82, 2.24) is 0 Å². The van der Waals surface area contributed by atoms with Crippen molar-refractivity contribution >= 4 is 22.6 Å². The van der Waals surface area contributed by atoms with Crippen LogP contribution in [0.3, 0.4) is 0 Å². The summed E-state index contributed by atoms with van der Waals surface area (Å²) in [6, 6.07) is 8.43. The first kappa shape index (κ1) is 12.5. The van der Waals surface area contributed by atoms with Gasteiger partial charge < -0.3 is 5.32 Å². The Morgan fingerprint density at radius 3 is 3.00 bits per heavy atom. The lowest BCUT2D eigenvalue weighted by atomic mass is 9.97. The molecule has 1 aliphatic heterocycles. The molecule has 0 spiro atoms. The molecular weight excluding hydrogens is 228 g/mol. The third-order valence-electron chi connectivity index (χ3n) is 3.28. The van der Waals surface area contributed by atoms with Crippen molar-refractivity contribution in [2.75, 3.05) is 11.1 Å². The van der Waals surface area contributed by atoms with E-state index in [1.54, 1.807) is 0 Å². The number of benzene rings is 1. The first-order chi connectivity index (χ1) is 8.11. The summed E-state index contributed by atoms with van der Waals surface area (Å²) in [6.07, 6.45) is 2.28. The lowest BCUT2D eigenvalue weighted by Crippen LogP contribution is -2.29. The number of nitrogens with one attached hydrogen (secondary N) is 1. The van der Waals surface area contributed by atoms with Gasteiger partial charge in [-0.2, -0.15) is 0 Å². The largest absolute Gasteiger partial charge is 0.335 e. The average molecular weight is 248 g/mol. The first-order valence-electron chi connectivity index (χ1n) is 6.18. The minimum atomic E-state index is 0.122. The third kappa shape index (κ3) is 3.25. The van der Waals surface area contributed by atoms with Crippen molar-refractivity contribution < 1.29 is 0 Å². The zero-order valence-electron chi connectivity index (χ0n) is 10.8. The molecular formula is C14H20N2S. The first-order valence-corrected chi connectivity index (χ1v) is 7.16. The van der Waals surface area contributed by atoms with Crippen molar-refractivity contribution in [2.24, 2.45) is 4.99 Å². The fraction of sp³-hybridized carbons (Fsp3) is 0.500. The van der Waals surface area contributed by atoms with Crippen LogP contribution in [0, 0.1) is 6.92 Å². The molecule has 3 heteroatoms. The molecule has 0 bridgehead atoms. The monoisotopic (exact) mass is 248 g/mol. The summed E-state index contributed by atoms with van der Waals surface area (Å²) in [5.74, 6) is 1.15. The zero-order valence-corrected chi connectivity index (χ0v) is 11.6. The molecule has 92 valence electrons. The molecule has 0 fully saturated rings. The molecule has 1 unspecified atom stereocenters. The van der Waals surface area contributed by atoms with Gasteiger partial charge in [0, 0.05) is 11.4 Å². The maximum absolute atomic E-state index is 4.83. The van der Waals surface area contributed by atoms with E-state index in [1.807, 2.05) is 11.8 Å². The van der Waals surface area contributed by atoms with Gasteiger partial charge in [-0.1, -0.05) is 30.8 Å². The minimum Gasteiger partial charge on any atom is -0.335 e. The molecule has 0 saturated heterocycles. The average Bonchev–Trinajstić information content (AvgIpc) is 2.29. The number of anilines is 1. The Balaban J connectivity index is 2.13. The van der Waals surface area contributed by atoms with Crippen LogP contribution < -0.4 is 5.32 Å². The lowest BCUT2D eigenvalue weighted by Gasteiger charge is -2.29. The van der Waals surface area contributed by atoms with Gasteiger partial charge in [-0.05, 0) is 44.4 Å². The number of aryl methyl sites for hydroxylation is 1. The van der Waals surface area contributed by atoms with Crippen LogP contribution in [0.15, 0.2) is 29.3 Å². The van der Waals surface area contributed by atoms with Gasteiger partial charge in [-0.3, -0.25) is 4.99 Å². The Morgan fingerprint density at radius 2 is 2.29 bits per heavy atom. The Bertz CT molecular complexity index is 428. The maximum atomic E-state index is 4.83. The predicted octanol–water partition coefficient (Wildman–Crippen LogP) is 4.07. The quantitative estimate of drug-likeness (QED) is 0.853. The van der Waals surface area contributed by atoms with Gasteiger partial charge in [0.25, 0.3) is 0 Å². The van der Waals surface area contributed by atoms with Crippen molar-refractivity contribution in [1.29, 1.82) is 0 Å². The Kier molecular flexibility index (Phi) is 3.77. The van der Waals surface area contributed by atoms with Crippen LogP contribution >= 0.6 is 11.8 Å². The smallest absolute Gasteiger partial charge is 0.161 e. The van der Waals surface area contributed by atoms with E-state index in [1.165, 1.54) is 12.0 Å². The normalized spacial score (nSPS) is 24.3. The summed E-state index contributed by atoms with van der Waals surface area (Å²) in [6.45, 7) is 6.56. The highest BCUT2D eigenvalue weighted by molar-refractivity contribution is 8.14. The molecule has 1 atom stereocenters. The molecule has 0 radical (unpaired) electrons. The van der Waals surface area contributed by atoms with Crippen LogP contribution in [0.4, 0.5) is 5.69 Å². The molecule has 17 heavy (non-hydrogen) atoms. The Hall–Kier alpha value is -0.960. The number of rotatable bonds is 2. The highest BCUT2D eigenvalue weighted by Gasteiger charge is 2.25. The Labute approximate surface area is 108 Å². The van der Waals surface area contributed by atoms with Crippen molar-refractivity contribution in [3.63, 3.8) is 0 Å². The summed E-state index contributed by atoms with van der Waals surface area (Å²) >= 11 is 1.82. The molecule has 0 aliphatic carbocycles. The molecule has 0 saturated carbocycles. The second-order valence-electron chi connectivity index (χ2n) is 4.86. The third-order valence-corrected chi connectivity index (χ3v) is 4.16. The van der Waals surface area contributed by atoms with Crippen LogP contribution in [-0.2, 0) is 0 Å². The number of thioether (sulfide) groups is 1. The van der Waals surface area contributed by atoms with Crippen molar-refractivity contribution in [3.05, 3.63) is 29.8 Å². The van der Waals surface area contributed by atoms with E-state index in [-0.39, 0.29) is 5.54 Å². The maximum Gasteiger partial charge on any atom is 0.161 e. The van der Waals surface area contributed by atoms with Crippen LogP contribution in [0.2, 0.25) is 0 Å². The van der Waals surface area contributed by atoms with Gasteiger partial charge in [0.1, 0.15) is 0 Å². The van der Waals surface area contributed by atoms with Crippen molar-refractivity contribution in [3.8, 4) is 0 Å². The van der Waals surface area contributed by atoms with Gasteiger partial charge in [-0.15, -0.1) is 0 Å². The fourth-order valence-electron chi connectivity index (χ4n) is 1.87. The van der Waals surface area contributed by atoms with Crippen LogP contribution in [0.25, 0.3) is 0 Å². The number of hydrogen-bond donors (Lipinski definition) is 1. The zero-order chi connectivity index (χ0) is 12.3. The van der Waals surface area contributed by atoms with E-state index < -0.39 is 0 Å². The summed E-state index contributed by atoms with van der Waals surface area (Å²) in [5.41, 5.74) is 2.53. The molecule has 1 aromatic rings. The van der Waals surface area contributed by atoms with Crippen LogP contribution in [-0.4, -0.2) is 16.5 Å². The molecule has 2 nitrogen and oxygen atoms in total. The van der Waals surface area contributed by atoms with E-state index >= 15 is 0 Å². The molecule has 2 rings (SSSR count). The second kappa shape index (κ2) is 5.13. The number of nitrogens with zero attached hydrogens (tertiary/aromatic N) is 1. The number of aliphatic imine (C=N–C) groups is 1. The van der Waals surface area contributed by atoms with Gasteiger partial charge >= 0.3 is 0 Å². The fourth-order valence-corrected chi connectivity index (χ4v) is 3.08. The standard InChI is InChI=1S/C14H20N2S/c1-4-14(3)8-9-17-13(16-14)15-12-7-5-6-11(2)10-12/h5-7,10H,4,8-9H2,1-3H3,(H,15,16). The summed E-state index contributed by atoms with van der Waals surface area (Å²) in [4.78, 5) is 4.83. The van der Waals surface area contributed by atoms with E-state index in [4.69, 9.17) is 4.99 Å². The molecule has 0 amide bonds. The molecule has 1 aliphatic rings. The van der Waals surface area contributed by atoms with Crippen LogP contribution in [0.1, 0.15) is 32.3 Å². The highest BCUT2D eigenvalue weighted by atomic mass is 32.2. The van der Waals surface area contributed by atoms with E-state index in [0.29, 0.717) is 0 Å². The van der Waals surface area contributed by atoms with E-state index in [9.17, 15) is 0 Å². The number of amidine groups is 1. The van der Waals surface area contributed by atoms with Gasteiger partial charge in [-0.25, -0.2) is 0 Å². The lowest BCUT2D eigenvalue weighted by molar-refractivity contribution is 0.443. The second-order valence-corrected chi connectivity index (χ2v) is 5.94. The number of hydrogen-bond acceptors (Lipinski definition) is 3. The minimum absolute atomic E-state index is 0.122. The van der Waals surface area contributed by atoms with Crippen LogP contribution in [0.5, 0.6) is 0 Å². The van der Waals surface area contributed by atoms with Gasteiger partial charge in [0.2, 0.25) is 0 Å². The summed E-state index contributed by atoms with van der Waals surface area (Å²) < 4.78 is 0. The van der Waals surface area contributed by atoms with Gasteiger partial charge in [0.05, 0.1) is 5.54 Å². The van der Waals surface area contributed by atoms with E-state index in [2.05, 4.69) is 50.4 Å². The Morgan fingerprint density at radius 1 is 1.47 bits per heavy atom. The SMILES string of the molecule is CCC1(C)CCSC(Nc2cccc(C)c2)=N1. The predicted molar refractivity (Wildman–Crippen MR) is 78.0 cm³/mol. The highest BCUT2D eigenvalue weighted by Crippen LogP contribution is 2.29. The topological polar surface area (TPSA) is 24.4 Å². The summed E-state index contributed by atoms with van der Waals surface area (Å²) in [7, 11) is 0. The van der Waals surface area contributed by atoms with E-state index in [0.717, 1.165) is 23.0 Å². The molecule has 1 aromatic carbocycles. The molecule has 1 N–H and O–H groups in total. The molecule has 0 aromatic heterocycles. The van der Waals surface area contributed by atoms with Crippen molar-refractivity contribution in [2.45, 2.75) is 39.2 Å².